The summed E-state index contributed by atoms with van der Waals surface area (Å²) in [6, 6.07) is 15.9. The predicted molar refractivity (Wildman–Crippen MR) is 124 cm³/mol. The van der Waals surface area contributed by atoms with Crippen molar-refractivity contribution in [3.8, 4) is 5.75 Å². The Hall–Kier alpha value is -3.06. The first kappa shape index (κ1) is 22.6. The van der Waals surface area contributed by atoms with Gasteiger partial charge in [0.25, 0.3) is 0 Å². The van der Waals surface area contributed by atoms with Crippen LogP contribution >= 0.6 is 11.8 Å². The van der Waals surface area contributed by atoms with Crippen LogP contribution in [0.4, 0.5) is 0 Å². The van der Waals surface area contributed by atoms with E-state index in [1.165, 1.54) is 11.8 Å². The van der Waals surface area contributed by atoms with E-state index in [4.69, 9.17) is 4.74 Å². The molecule has 2 aromatic carbocycles. The number of carbonyl (C=O) groups excluding carboxylic acids is 1. The van der Waals surface area contributed by atoms with Gasteiger partial charge in [-0.1, -0.05) is 66.4 Å². The lowest BCUT2D eigenvalue weighted by Crippen LogP contribution is -2.28. The monoisotopic (exact) mass is 436 g/mol. The van der Waals surface area contributed by atoms with Crippen LogP contribution in [-0.4, -0.2) is 26.4 Å². The van der Waals surface area contributed by atoms with Crippen LogP contribution in [0.5, 0.6) is 5.75 Å². The van der Waals surface area contributed by atoms with Crippen molar-refractivity contribution in [3.63, 3.8) is 0 Å². The topological polar surface area (TPSA) is 69.0 Å². The lowest BCUT2D eigenvalue weighted by atomic mass is 10.1. The van der Waals surface area contributed by atoms with Crippen LogP contribution in [0.15, 0.2) is 66.3 Å². The molecule has 3 rings (SSSR count). The van der Waals surface area contributed by atoms with Crippen molar-refractivity contribution in [2.24, 2.45) is 0 Å². The van der Waals surface area contributed by atoms with Crippen LogP contribution in [0, 0.1) is 13.8 Å². The van der Waals surface area contributed by atoms with Crippen molar-refractivity contribution in [3.05, 3.63) is 83.7 Å². The summed E-state index contributed by atoms with van der Waals surface area (Å²) in [4.78, 5) is 12.4. The molecule has 7 heteroatoms. The van der Waals surface area contributed by atoms with Crippen LogP contribution in [0.3, 0.4) is 0 Å². The number of para-hydroxylation sites is 1. The lowest BCUT2D eigenvalue weighted by molar-refractivity contribution is -0.119. The molecule has 31 heavy (non-hydrogen) atoms. The third kappa shape index (κ3) is 5.98. The van der Waals surface area contributed by atoms with Gasteiger partial charge in [-0.2, -0.15) is 0 Å². The van der Waals surface area contributed by atoms with Gasteiger partial charge >= 0.3 is 0 Å². The third-order valence-electron chi connectivity index (χ3n) is 4.87. The Morgan fingerprint density at radius 3 is 2.55 bits per heavy atom. The molecule has 0 fully saturated rings. The molecule has 6 nitrogen and oxygen atoms in total. The normalized spacial score (nSPS) is 11.7. The van der Waals surface area contributed by atoms with Crippen LogP contribution in [0.25, 0.3) is 0 Å². The summed E-state index contributed by atoms with van der Waals surface area (Å²) in [5.41, 5.74) is 3.23. The highest BCUT2D eigenvalue weighted by Crippen LogP contribution is 2.24. The first-order valence-electron chi connectivity index (χ1n) is 10.2. The van der Waals surface area contributed by atoms with Crippen LogP contribution < -0.4 is 10.1 Å². The molecule has 0 bridgehead atoms. The van der Waals surface area contributed by atoms with Crippen molar-refractivity contribution in [2.75, 3.05) is 5.75 Å². The Bertz CT molecular complexity index is 1010. The molecule has 0 aliphatic carbocycles. The maximum Gasteiger partial charge on any atom is 0.230 e. The molecule has 0 radical (unpaired) electrons. The van der Waals surface area contributed by atoms with Crippen LogP contribution in [0.1, 0.15) is 35.5 Å². The van der Waals surface area contributed by atoms with E-state index in [9.17, 15) is 4.79 Å². The first-order chi connectivity index (χ1) is 15.0. The number of hydrogen-bond acceptors (Lipinski definition) is 5. The van der Waals surface area contributed by atoms with E-state index in [-0.39, 0.29) is 17.7 Å². The second-order valence-electron chi connectivity index (χ2n) is 7.30. The second kappa shape index (κ2) is 10.8. The number of rotatable bonds is 10. The Morgan fingerprint density at radius 1 is 1.16 bits per heavy atom. The fraction of sp³-hybridized carbons (Fsp3) is 0.292. The minimum atomic E-state index is -0.0540. The maximum absolute atomic E-state index is 12.4. The van der Waals surface area contributed by atoms with Crippen molar-refractivity contribution in [2.45, 2.75) is 45.1 Å². The highest BCUT2D eigenvalue weighted by Gasteiger charge is 2.16. The maximum atomic E-state index is 12.4. The number of carbonyl (C=O) groups is 1. The van der Waals surface area contributed by atoms with Crippen molar-refractivity contribution in [1.82, 2.24) is 20.1 Å². The standard InChI is InChI=1S/C24H28N4O2S/c1-5-14-28-21(15-30-23-17(2)10-9-11-18(23)3)26-27-24(28)31-16-22(29)25-19(4)20-12-7-6-8-13-20/h5-13,19H,1,14-16H2,2-4H3,(H,25,29)/t19-/m1/s1. The Kier molecular flexibility index (Phi) is 7.89. The molecule has 1 N–H and O–H groups in total. The SMILES string of the molecule is C=CCn1c(COc2c(C)cccc2C)nnc1SCC(=O)N[C@H](C)c1ccccc1. The lowest BCUT2D eigenvalue weighted by Gasteiger charge is -2.14. The van der Waals surface area contributed by atoms with E-state index in [1.54, 1.807) is 6.08 Å². The van der Waals surface area contributed by atoms with Gasteiger partial charge in [-0.3, -0.25) is 9.36 Å². The number of aromatic nitrogens is 3. The molecule has 1 heterocycles. The van der Waals surface area contributed by atoms with E-state index >= 15 is 0 Å². The average molecular weight is 437 g/mol. The number of allylic oxidation sites excluding steroid dienone is 1. The molecule has 0 unspecified atom stereocenters. The molecule has 0 saturated heterocycles. The second-order valence-corrected chi connectivity index (χ2v) is 8.24. The molecule has 162 valence electrons. The summed E-state index contributed by atoms with van der Waals surface area (Å²) < 4.78 is 7.96. The van der Waals surface area contributed by atoms with E-state index in [0.717, 1.165) is 22.4 Å². The number of thioether (sulfide) groups is 1. The van der Waals surface area contributed by atoms with E-state index in [2.05, 4.69) is 22.1 Å². The van der Waals surface area contributed by atoms with Crippen molar-refractivity contribution in [1.29, 1.82) is 0 Å². The van der Waals surface area contributed by atoms with Gasteiger partial charge in [0, 0.05) is 6.54 Å². The number of nitrogens with one attached hydrogen (secondary N) is 1. The van der Waals surface area contributed by atoms with Crippen molar-refractivity contribution < 1.29 is 9.53 Å². The van der Waals surface area contributed by atoms with E-state index in [1.807, 2.05) is 73.9 Å². The molecule has 0 aliphatic rings. The predicted octanol–water partition coefficient (Wildman–Crippen LogP) is 4.63. The average Bonchev–Trinajstić information content (AvgIpc) is 3.14. The molecule has 0 aliphatic heterocycles. The number of aryl methyl sites for hydroxylation is 2. The Morgan fingerprint density at radius 2 is 1.87 bits per heavy atom. The summed E-state index contributed by atoms with van der Waals surface area (Å²) in [7, 11) is 0. The fourth-order valence-corrected chi connectivity index (χ4v) is 4.02. The molecular weight excluding hydrogens is 408 g/mol. The van der Waals surface area contributed by atoms with E-state index in [0.29, 0.717) is 24.1 Å². The number of nitrogens with zero attached hydrogens (tertiary/aromatic N) is 3. The summed E-state index contributed by atoms with van der Waals surface area (Å²) >= 11 is 1.36. The zero-order valence-electron chi connectivity index (χ0n) is 18.2. The number of amides is 1. The zero-order chi connectivity index (χ0) is 22.2. The summed E-state index contributed by atoms with van der Waals surface area (Å²) in [5.74, 6) is 1.76. The highest BCUT2D eigenvalue weighted by atomic mass is 32.2. The highest BCUT2D eigenvalue weighted by molar-refractivity contribution is 7.99. The number of ether oxygens (including phenoxy) is 1. The van der Waals surface area contributed by atoms with Gasteiger partial charge in [0.15, 0.2) is 11.0 Å². The van der Waals surface area contributed by atoms with Gasteiger partial charge in [0.05, 0.1) is 11.8 Å². The largest absolute Gasteiger partial charge is 0.485 e. The quantitative estimate of drug-likeness (QED) is 0.371. The molecule has 0 spiro atoms. The smallest absolute Gasteiger partial charge is 0.230 e. The molecule has 1 amide bonds. The van der Waals surface area contributed by atoms with E-state index < -0.39 is 0 Å². The minimum absolute atomic E-state index is 0.0529. The number of hydrogen-bond donors (Lipinski definition) is 1. The summed E-state index contributed by atoms with van der Waals surface area (Å²) in [6.45, 7) is 10.7. The fourth-order valence-electron chi connectivity index (χ4n) is 3.25. The van der Waals surface area contributed by atoms with Gasteiger partial charge in [-0.05, 0) is 37.5 Å². The van der Waals surface area contributed by atoms with Crippen LogP contribution in [-0.2, 0) is 17.9 Å². The van der Waals surface area contributed by atoms with Gasteiger partial charge in [-0.15, -0.1) is 16.8 Å². The number of benzene rings is 2. The molecule has 1 aromatic heterocycles. The summed E-state index contributed by atoms with van der Waals surface area (Å²) in [5, 5.41) is 12.2. The molecular formula is C24H28N4O2S. The Labute approximate surface area is 187 Å². The zero-order valence-corrected chi connectivity index (χ0v) is 19.0. The third-order valence-corrected chi connectivity index (χ3v) is 5.84. The van der Waals surface area contributed by atoms with Gasteiger partial charge < -0.3 is 10.1 Å². The van der Waals surface area contributed by atoms with Gasteiger partial charge in [0.2, 0.25) is 5.91 Å². The van der Waals surface area contributed by atoms with Gasteiger partial charge in [0.1, 0.15) is 12.4 Å². The minimum Gasteiger partial charge on any atom is -0.485 e. The molecule has 3 aromatic rings. The first-order valence-corrected chi connectivity index (χ1v) is 11.2. The summed E-state index contributed by atoms with van der Waals surface area (Å²) in [6.07, 6.45) is 1.79. The van der Waals surface area contributed by atoms with Crippen molar-refractivity contribution >= 4 is 17.7 Å². The molecule has 0 saturated carbocycles. The van der Waals surface area contributed by atoms with Gasteiger partial charge in [-0.25, -0.2) is 0 Å². The Balaban J connectivity index is 1.62. The molecule has 1 atom stereocenters. The van der Waals surface area contributed by atoms with Crippen LogP contribution in [0.2, 0.25) is 0 Å².